The van der Waals surface area contributed by atoms with Crippen LogP contribution in [0.1, 0.15) is 0 Å². The van der Waals surface area contributed by atoms with E-state index in [1.165, 1.54) is 0 Å². The van der Waals surface area contributed by atoms with Gasteiger partial charge in [0.25, 0.3) is 0 Å². The Balaban J connectivity index is 0. The minimum absolute atomic E-state index is 0. The molecular formula is F6Fe2. The van der Waals surface area contributed by atoms with Gasteiger partial charge in [-0.1, -0.05) is 0 Å². The Hall–Kier alpha value is 0.619. The van der Waals surface area contributed by atoms with E-state index < -0.39 is 0 Å². The molecule has 0 fully saturated rings. The van der Waals surface area contributed by atoms with Crippen LogP contribution in [0.4, 0.5) is 0 Å². The van der Waals surface area contributed by atoms with Crippen molar-refractivity contribution >= 4 is 0 Å². The molecule has 0 saturated heterocycles. The van der Waals surface area contributed by atoms with Crippen LogP contribution in [0, 0.1) is 0 Å². The molecule has 0 nitrogen and oxygen atoms in total. The molecule has 0 saturated carbocycles. The first kappa shape index (κ1) is 1310. The standard InChI is InChI=1S/6FH.2Fe/h6*1H;;/q;;;;;;2*+3/p-6. The molecule has 8 heavy (non-hydrogen) atoms. The van der Waals surface area contributed by atoms with Crippen LogP contribution in [0.5, 0.6) is 0 Å². The Morgan fingerprint density at radius 1 is 0.250 bits per heavy atom. The molecule has 58 valence electrons. The fourth-order valence-electron chi connectivity index (χ4n) is 0. The topological polar surface area (TPSA) is 0 Å². The van der Waals surface area contributed by atoms with Crippen LogP contribution in [0.15, 0.2) is 0 Å². The molecule has 0 aliphatic carbocycles. The summed E-state index contributed by atoms with van der Waals surface area (Å²) in [6, 6.07) is 0. The van der Waals surface area contributed by atoms with Gasteiger partial charge in [-0.3, -0.25) is 0 Å². The third-order valence-electron chi connectivity index (χ3n) is 0. The van der Waals surface area contributed by atoms with Crippen LogP contribution in [0.3, 0.4) is 0 Å². The van der Waals surface area contributed by atoms with E-state index in [-0.39, 0.29) is 62.4 Å². The van der Waals surface area contributed by atoms with Gasteiger partial charge >= 0.3 is 34.1 Å². The summed E-state index contributed by atoms with van der Waals surface area (Å²) in [5.74, 6) is 0. The van der Waals surface area contributed by atoms with Gasteiger partial charge in [0.05, 0.1) is 0 Å². The van der Waals surface area contributed by atoms with Crippen LogP contribution in [0.25, 0.3) is 0 Å². The first-order valence-corrected chi connectivity index (χ1v) is 0. The Bertz CT molecular complexity index is 6.49. The zero-order valence-electron chi connectivity index (χ0n) is 2.97. The van der Waals surface area contributed by atoms with Crippen LogP contribution in [0.2, 0.25) is 0 Å². The second-order valence-corrected chi connectivity index (χ2v) is 0. The molecule has 0 unspecified atom stereocenters. The predicted molar refractivity (Wildman–Crippen MR) is 0 cm³/mol. The van der Waals surface area contributed by atoms with Gasteiger partial charge in [-0.2, -0.15) is 0 Å². The van der Waals surface area contributed by atoms with Crippen molar-refractivity contribution in [3.8, 4) is 0 Å². The minimum atomic E-state index is 0. The van der Waals surface area contributed by atoms with Crippen molar-refractivity contribution in [1.29, 1.82) is 0 Å². The van der Waals surface area contributed by atoms with E-state index in [4.69, 9.17) is 0 Å². The smallest absolute Gasteiger partial charge is 1.00 e. The maximum absolute atomic E-state index is 0. The average Bonchev–Trinajstić information content (AvgIpc) is 0. The van der Waals surface area contributed by atoms with Gasteiger partial charge in [0, 0.05) is 0 Å². The molecule has 8 heteroatoms. The number of halogens is 6. The summed E-state index contributed by atoms with van der Waals surface area (Å²) in [5.41, 5.74) is 0. The van der Waals surface area contributed by atoms with Crippen molar-refractivity contribution in [3.63, 3.8) is 0 Å². The molecule has 0 atom stereocenters. The zero-order valence-corrected chi connectivity index (χ0v) is 5.18. The second kappa shape index (κ2) is 871. The van der Waals surface area contributed by atoms with E-state index in [9.17, 15) is 0 Å². The van der Waals surface area contributed by atoms with Crippen LogP contribution < -0.4 is 28.2 Å². The van der Waals surface area contributed by atoms with Crippen LogP contribution in [-0.4, -0.2) is 0 Å². The molecule has 0 N–H and O–H groups in total. The first-order chi connectivity index (χ1) is 0. The summed E-state index contributed by atoms with van der Waals surface area (Å²) in [5, 5.41) is 0. The molecule has 0 aromatic carbocycles. The maximum Gasteiger partial charge on any atom is 3.00 e. The van der Waals surface area contributed by atoms with Crippen molar-refractivity contribution in [2.24, 2.45) is 0 Å². The monoisotopic (exact) mass is 226 g/mol. The summed E-state index contributed by atoms with van der Waals surface area (Å²) in [7, 11) is 0. The molecule has 0 rings (SSSR count). The SMILES string of the molecule is [F-].[F-].[F-].[F-].[F-].[F-].[Fe+3].[Fe+3]. The van der Waals surface area contributed by atoms with Gasteiger partial charge in [-0.25, -0.2) is 0 Å². The van der Waals surface area contributed by atoms with E-state index in [1.807, 2.05) is 0 Å². The molecule has 0 spiro atoms. The molecule has 0 aliphatic heterocycles. The van der Waals surface area contributed by atoms with Gasteiger partial charge in [0.1, 0.15) is 0 Å². The molecule has 2 radical (unpaired) electrons. The second-order valence-electron chi connectivity index (χ2n) is 0. The van der Waals surface area contributed by atoms with E-state index in [0.717, 1.165) is 0 Å². The third-order valence-corrected chi connectivity index (χ3v) is 0. The van der Waals surface area contributed by atoms with Gasteiger partial charge in [0.15, 0.2) is 0 Å². The molecule has 0 aliphatic rings. The van der Waals surface area contributed by atoms with E-state index in [1.54, 1.807) is 0 Å². The van der Waals surface area contributed by atoms with Crippen LogP contribution >= 0.6 is 0 Å². The summed E-state index contributed by atoms with van der Waals surface area (Å²) in [4.78, 5) is 0. The van der Waals surface area contributed by atoms with Crippen molar-refractivity contribution in [3.05, 3.63) is 0 Å². The van der Waals surface area contributed by atoms with E-state index in [0.29, 0.717) is 0 Å². The molecular weight excluding hydrogens is 226 g/mol. The third kappa shape index (κ3) is 545. The van der Waals surface area contributed by atoms with Gasteiger partial charge in [-0.15, -0.1) is 0 Å². The minimum Gasteiger partial charge on any atom is -1.00 e. The van der Waals surface area contributed by atoms with Crippen molar-refractivity contribution in [1.82, 2.24) is 0 Å². The average molecular weight is 226 g/mol. The van der Waals surface area contributed by atoms with Gasteiger partial charge < -0.3 is 28.2 Å². The number of rotatable bonds is 0. The van der Waals surface area contributed by atoms with Gasteiger partial charge in [-0.05, 0) is 0 Å². The largest absolute Gasteiger partial charge is 3.00 e. The molecule has 0 aromatic rings. The summed E-state index contributed by atoms with van der Waals surface area (Å²) in [6.07, 6.45) is 0. The molecule has 0 heterocycles. The van der Waals surface area contributed by atoms with E-state index >= 15 is 0 Å². The van der Waals surface area contributed by atoms with Gasteiger partial charge in [0.2, 0.25) is 0 Å². The zero-order chi connectivity index (χ0) is 0. The number of hydrogen-bond acceptors (Lipinski definition) is 0. The molecule has 0 amide bonds. The van der Waals surface area contributed by atoms with Crippen molar-refractivity contribution in [2.75, 3.05) is 0 Å². The molecule has 0 bridgehead atoms. The Labute approximate surface area is 62.9 Å². The fraction of sp³-hybridized carbons (Fsp3) is 0. The summed E-state index contributed by atoms with van der Waals surface area (Å²) >= 11 is 0. The predicted octanol–water partition coefficient (Wildman–Crippen LogP) is -18.0. The normalized spacial score (nSPS) is 0. The Morgan fingerprint density at radius 3 is 0.250 bits per heavy atom. The van der Waals surface area contributed by atoms with Crippen LogP contribution in [-0.2, 0) is 34.1 Å². The van der Waals surface area contributed by atoms with Crippen molar-refractivity contribution in [2.45, 2.75) is 0 Å². The maximum atomic E-state index is 0. The number of hydrogen-bond donors (Lipinski definition) is 0. The Kier molecular flexibility index (Phi) is 142000. The molecule has 0 aromatic heterocycles. The quantitative estimate of drug-likeness (QED) is 0.284. The van der Waals surface area contributed by atoms with E-state index in [2.05, 4.69) is 0 Å². The Morgan fingerprint density at radius 2 is 0.250 bits per heavy atom. The summed E-state index contributed by atoms with van der Waals surface area (Å²) in [6.45, 7) is 0. The fourth-order valence-corrected chi connectivity index (χ4v) is 0. The summed E-state index contributed by atoms with van der Waals surface area (Å²) < 4.78 is 0. The first-order valence-electron chi connectivity index (χ1n) is 0. The van der Waals surface area contributed by atoms with Crippen molar-refractivity contribution < 1.29 is 62.4 Å².